The maximum absolute atomic E-state index is 5.34. The van der Waals surface area contributed by atoms with Crippen molar-refractivity contribution in [1.82, 2.24) is 5.43 Å². The second-order valence-electron chi connectivity index (χ2n) is 4.26. The van der Waals surface area contributed by atoms with E-state index in [1.807, 2.05) is 31.2 Å². The van der Waals surface area contributed by atoms with Crippen molar-refractivity contribution in [2.45, 2.75) is 6.92 Å². The van der Waals surface area contributed by atoms with Crippen LogP contribution < -0.4 is 11.2 Å². The maximum atomic E-state index is 5.34. The second kappa shape index (κ2) is 6.63. The van der Waals surface area contributed by atoms with Crippen LogP contribution in [0.2, 0.25) is 0 Å². The van der Waals surface area contributed by atoms with Gasteiger partial charge in [-0.3, -0.25) is 5.43 Å². The predicted octanol–water partition coefficient (Wildman–Crippen LogP) is 3.67. The third-order valence-corrected chi connectivity index (χ3v) is 3.43. The summed E-state index contributed by atoms with van der Waals surface area (Å²) in [5, 5.41) is 4.26. The van der Waals surface area contributed by atoms with Crippen LogP contribution in [0, 0.1) is 0 Å². The molecule has 0 fully saturated rings. The van der Waals surface area contributed by atoms with E-state index in [2.05, 4.69) is 50.7 Å². The fourth-order valence-corrected chi connectivity index (χ4v) is 2.06. The first-order chi connectivity index (χ1) is 9.56. The molecule has 0 aliphatic rings. The summed E-state index contributed by atoms with van der Waals surface area (Å²) in [6, 6.07) is 16.4. The smallest absolute Gasteiger partial charge is 0.184 e. The molecule has 3 nitrogen and oxygen atoms in total. The van der Waals surface area contributed by atoms with E-state index >= 15 is 0 Å². The molecule has 0 aliphatic carbocycles. The number of hydrogen-bond donors (Lipinski definition) is 2. The molecule has 102 valence electrons. The SMILES string of the molecule is C/C(=N\NC(N)=S)c1ccc(-c2ccc(Br)cc2)cc1. The number of nitrogens with two attached hydrogens (primary N) is 1. The van der Waals surface area contributed by atoms with Crippen LogP contribution in [-0.2, 0) is 0 Å². The van der Waals surface area contributed by atoms with Crippen molar-refractivity contribution in [3.63, 3.8) is 0 Å². The van der Waals surface area contributed by atoms with Crippen LogP contribution >= 0.6 is 28.1 Å². The second-order valence-corrected chi connectivity index (χ2v) is 5.61. The minimum Gasteiger partial charge on any atom is -0.375 e. The molecule has 0 aromatic heterocycles. The van der Waals surface area contributed by atoms with E-state index in [0.717, 1.165) is 21.3 Å². The van der Waals surface area contributed by atoms with Gasteiger partial charge in [-0.1, -0.05) is 52.3 Å². The van der Waals surface area contributed by atoms with E-state index in [-0.39, 0.29) is 5.11 Å². The van der Waals surface area contributed by atoms with Gasteiger partial charge in [-0.05, 0) is 48.0 Å². The number of nitrogens with zero attached hydrogens (tertiary/aromatic N) is 1. The van der Waals surface area contributed by atoms with Crippen molar-refractivity contribution in [3.05, 3.63) is 58.6 Å². The third kappa shape index (κ3) is 3.88. The highest BCUT2D eigenvalue weighted by Crippen LogP contribution is 2.22. The standard InChI is InChI=1S/C15H14BrN3S/c1-10(18-19-15(17)20)11-2-4-12(5-3-11)13-6-8-14(16)9-7-13/h2-9H,1H3,(H3,17,19,20)/b18-10+. The van der Waals surface area contributed by atoms with E-state index in [1.165, 1.54) is 5.56 Å². The first-order valence-electron chi connectivity index (χ1n) is 6.02. The molecule has 2 aromatic carbocycles. The van der Waals surface area contributed by atoms with Crippen LogP contribution in [-0.4, -0.2) is 10.8 Å². The van der Waals surface area contributed by atoms with Gasteiger partial charge in [0.05, 0.1) is 5.71 Å². The molecule has 0 heterocycles. The van der Waals surface area contributed by atoms with Gasteiger partial charge in [-0.25, -0.2) is 0 Å². The van der Waals surface area contributed by atoms with Gasteiger partial charge in [0.2, 0.25) is 0 Å². The van der Waals surface area contributed by atoms with E-state index in [1.54, 1.807) is 0 Å². The molecule has 0 aliphatic heterocycles. The van der Waals surface area contributed by atoms with Crippen molar-refractivity contribution in [2.75, 3.05) is 0 Å². The Labute approximate surface area is 132 Å². The van der Waals surface area contributed by atoms with Crippen LogP contribution in [0.25, 0.3) is 11.1 Å². The molecule has 0 spiro atoms. The molecule has 0 amide bonds. The van der Waals surface area contributed by atoms with Gasteiger partial charge >= 0.3 is 0 Å². The van der Waals surface area contributed by atoms with Crippen molar-refractivity contribution < 1.29 is 0 Å². The van der Waals surface area contributed by atoms with E-state index < -0.39 is 0 Å². The van der Waals surface area contributed by atoms with Gasteiger partial charge in [0.15, 0.2) is 5.11 Å². The molecule has 0 radical (unpaired) electrons. The largest absolute Gasteiger partial charge is 0.375 e. The Balaban J connectivity index is 2.19. The fourth-order valence-electron chi connectivity index (χ4n) is 1.75. The van der Waals surface area contributed by atoms with E-state index in [9.17, 15) is 0 Å². The molecule has 0 atom stereocenters. The quantitative estimate of drug-likeness (QED) is 0.506. The Kier molecular flexibility index (Phi) is 4.87. The van der Waals surface area contributed by atoms with Crippen molar-refractivity contribution in [2.24, 2.45) is 10.8 Å². The van der Waals surface area contributed by atoms with Gasteiger partial charge < -0.3 is 5.73 Å². The topological polar surface area (TPSA) is 50.4 Å². The number of rotatable bonds is 3. The number of hydrogen-bond acceptors (Lipinski definition) is 2. The van der Waals surface area contributed by atoms with E-state index in [4.69, 9.17) is 18.0 Å². The van der Waals surface area contributed by atoms with Crippen molar-refractivity contribution in [3.8, 4) is 11.1 Å². The zero-order chi connectivity index (χ0) is 14.5. The molecular formula is C15H14BrN3S. The normalized spacial score (nSPS) is 11.2. The Hall–Kier alpha value is -1.72. The molecule has 2 rings (SSSR count). The number of thiocarbonyl (C=S) groups is 1. The lowest BCUT2D eigenvalue weighted by Gasteiger charge is -2.05. The van der Waals surface area contributed by atoms with Crippen LogP contribution in [0.4, 0.5) is 0 Å². The summed E-state index contributed by atoms with van der Waals surface area (Å²) in [4.78, 5) is 0. The molecule has 0 bridgehead atoms. The first kappa shape index (κ1) is 14.7. The Morgan fingerprint density at radius 2 is 1.55 bits per heavy atom. The summed E-state index contributed by atoms with van der Waals surface area (Å²) in [5.41, 5.74) is 12.1. The van der Waals surface area contributed by atoms with Gasteiger partial charge in [0.1, 0.15) is 0 Å². The highest BCUT2D eigenvalue weighted by atomic mass is 79.9. The molecule has 0 saturated heterocycles. The third-order valence-electron chi connectivity index (χ3n) is 2.81. The van der Waals surface area contributed by atoms with Gasteiger partial charge in [-0.15, -0.1) is 0 Å². The van der Waals surface area contributed by atoms with Gasteiger partial charge in [-0.2, -0.15) is 5.10 Å². The molecule has 3 N–H and O–H groups in total. The average molecular weight is 348 g/mol. The molecular weight excluding hydrogens is 334 g/mol. The highest BCUT2D eigenvalue weighted by molar-refractivity contribution is 9.10. The lowest BCUT2D eigenvalue weighted by molar-refractivity contribution is 1.03. The van der Waals surface area contributed by atoms with Crippen LogP contribution in [0.5, 0.6) is 0 Å². The molecule has 0 saturated carbocycles. The summed E-state index contributed by atoms with van der Waals surface area (Å²) in [6.07, 6.45) is 0. The number of nitrogens with one attached hydrogen (secondary N) is 1. The van der Waals surface area contributed by atoms with Crippen LogP contribution in [0.3, 0.4) is 0 Å². The minimum absolute atomic E-state index is 0.163. The predicted molar refractivity (Wildman–Crippen MR) is 91.7 cm³/mol. The summed E-state index contributed by atoms with van der Waals surface area (Å²) in [6.45, 7) is 1.90. The summed E-state index contributed by atoms with van der Waals surface area (Å²) < 4.78 is 1.07. The summed E-state index contributed by atoms with van der Waals surface area (Å²) >= 11 is 8.15. The Morgan fingerprint density at radius 3 is 2.05 bits per heavy atom. The van der Waals surface area contributed by atoms with Crippen molar-refractivity contribution >= 4 is 39.0 Å². The van der Waals surface area contributed by atoms with Crippen LogP contribution in [0.1, 0.15) is 12.5 Å². The fraction of sp³-hybridized carbons (Fsp3) is 0.0667. The molecule has 2 aromatic rings. The van der Waals surface area contributed by atoms with Gasteiger partial charge in [0.25, 0.3) is 0 Å². The zero-order valence-corrected chi connectivity index (χ0v) is 13.3. The van der Waals surface area contributed by atoms with Crippen molar-refractivity contribution in [1.29, 1.82) is 0 Å². The number of halogens is 1. The molecule has 5 heteroatoms. The monoisotopic (exact) mass is 347 g/mol. The maximum Gasteiger partial charge on any atom is 0.184 e. The van der Waals surface area contributed by atoms with Crippen LogP contribution in [0.15, 0.2) is 58.1 Å². The Bertz CT molecular complexity index is 633. The zero-order valence-electron chi connectivity index (χ0n) is 10.9. The lowest BCUT2D eigenvalue weighted by atomic mass is 10.0. The summed E-state index contributed by atoms with van der Waals surface area (Å²) in [7, 11) is 0. The van der Waals surface area contributed by atoms with Gasteiger partial charge in [0, 0.05) is 4.47 Å². The molecule has 20 heavy (non-hydrogen) atoms. The van der Waals surface area contributed by atoms with E-state index in [0.29, 0.717) is 0 Å². The average Bonchev–Trinajstić information content (AvgIpc) is 2.46. The highest BCUT2D eigenvalue weighted by Gasteiger charge is 2.00. The Morgan fingerprint density at radius 1 is 1.05 bits per heavy atom. The minimum atomic E-state index is 0.163. The summed E-state index contributed by atoms with van der Waals surface area (Å²) in [5.74, 6) is 0. The lowest BCUT2D eigenvalue weighted by Crippen LogP contribution is -2.25. The molecule has 0 unspecified atom stereocenters. The number of benzene rings is 2. The first-order valence-corrected chi connectivity index (χ1v) is 7.22. The number of hydrazone groups is 1.